The van der Waals surface area contributed by atoms with Crippen LogP contribution in [0.5, 0.6) is 5.88 Å². The van der Waals surface area contributed by atoms with Gasteiger partial charge in [0, 0.05) is 31.1 Å². The van der Waals surface area contributed by atoms with E-state index < -0.39 is 0 Å². The van der Waals surface area contributed by atoms with Crippen LogP contribution in [0.25, 0.3) is 0 Å². The Morgan fingerprint density at radius 1 is 0.962 bits per heavy atom. The highest BCUT2D eigenvalue weighted by Crippen LogP contribution is 2.27. The second-order valence-corrected chi connectivity index (χ2v) is 6.06. The maximum atomic E-state index is 12.5. The zero-order valence-electron chi connectivity index (χ0n) is 14.8. The number of rotatable bonds is 7. The van der Waals surface area contributed by atoms with E-state index in [-0.39, 0.29) is 11.8 Å². The van der Waals surface area contributed by atoms with Gasteiger partial charge in [0.15, 0.2) is 0 Å². The van der Waals surface area contributed by atoms with Gasteiger partial charge in [-0.15, -0.1) is 0 Å². The molecule has 0 bridgehead atoms. The van der Waals surface area contributed by atoms with Crippen LogP contribution >= 0.6 is 0 Å². The smallest absolute Gasteiger partial charge is 0.221 e. The lowest BCUT2D eigenvalue weighted by molar-refractivity contribution is -0.121. The molecule has 0 atom stereocenters. The number of methoxy groups -OCH3 is 1. The van der Waals surface area contributed by atoms with Gasteiger partial charge >= 0.3 is 0 Å². The molecule has 2 aromatic carbocycles. The molecule has 0 radical (unpaired) electrons. The molecule has 132 valence electrons. The largest absolute Gasteiger partial charge is 0.481 e. The van der Waals surface area contributed by atoms with Gasteiger partial charge in [-0.2, -0.15) is 0 Å². The molecule has 0 unspecified atom stereocenters. The topological polar surface area (TPSA) is 51.2 Å². The second-order valence-electron chi connectivity index (χ2n) is 6.06. The molecule has 1 amide bonds. The van der Waals surface area contributed by atoms with Crippen LogP contribution in [-0.2, 0) is 11.3 Å². The lowest BCUT2D eigenvalue weighted by Crippen LogP contribution is -2.25. The third-order valence-corrected chi connectivity index (χ3v) is 4.29. The van der Waals surface area contributed by atoms with Gasteiger partial charge in [-0.25, -0.2) is 4.98 Å². The van der Waals surface area contributed by atoms with E-state index in [4.69, 9.17) is 4.74 Å². The lowest BCUT2D eigenvalue weighted by atomic mass is 9.88. The summed E-state index contributed by atoms with van der Waals surface area (Å²) in [6.45, 7) is 0.451. The fraction of sp³-hybridized carbons (Fsp3) is 0.182. The third kappa shape index (κ3) is 4.70. The predicted octanol–water partition coefficient (Wildman–Crippen LogP) is 3.93. The summed E-state index contributed by atoms with van der Waals surface area (Å²) in [7, 11) is 1.58. The van der Waals surface area contributed by atoms with E-state index in [0.29, 0.717) is 18.8 Å². The normalized spacial score (nSPS) is 10.5. The van der Waals surface area contributed by atoms with E-state index in [1.165, 1.54) is 0 Å². The van der Waals surface area contributed by atoms with Crippen molar-refractivity contribution in [3.8, 4) is 5.88 Å². The van der Waals surface area contributed by atoms with Crippen LogP contribution in [0.1, 0.15) is 29.0 Å². The lowest BCUT2D eigenvalue weighted by Gasteiger charge is -2.18. The van der Waals surface area contributed by atoms with Gasteiger partial charge in [0.05, 0.1) is 7.11 Å². The van der Waals surface area contributed by atoms with E-state index in [1.807, 2.05) is 42.5 Å². The predicted molar refractivity (Wildman–Crippen MR) is 102 cm³/mol. The number of nitrogens with zero attached hydrogens (tertiary/aromatic N) is 1. The van der Waals surface area contributed by atoms with Crippen molar-refractivity contribution < 1.29 is 9.53 Å². The van der Waals surface area contributed by atoms with E-state index >= 15 is 0 Å². The molecule has 0 aliphatic heterocycles. The molecule has 4 heteroatoms. The first-order chi connectivity index (χ1) is 12.8. The molecule has 0 fully saturated rings. The Labute approximate surface area is 153 Å². The highest BCUT2D eigenvalue weighted by atomic mass is 16.5. The molecule has 0 aliphatic rings. The molecule has 0 saturated heterocycles. The fourth-order valence-electron chi connectivity index (χ4n) is 2.89. The average molecular weight is 346 g/mol. The summed E-state index contributed by atoms with van der Waals surface area (Å²) in [6, 6.07) is 24.0. The Balaban J connectivity index is 1.67. The summed E-state index contributed by atoms with van der Waals surface area (Å²) in [6.07, 6.45) is 2.11. The van der Waals surface area contributed by atoms with Crippen LogP contribution in [0.2, 0.25) is 0 Å². The summed E-state index contributed by atoms with van der Waals surface area (Å²) >= 11 is 0. The maximum absolute atomic E-state index is 12.5. The minimum Gasteiger partial charge on any atom is -0.481 e. The van der Waals surface area contributed by atoms with Crippen LogP contribution in [0.15, 0.2) is 79.0 Å². The first kappa shape index (κ1) is 17.7. The first-order valence-corrected chi connectivity index (χ1v) is 8.62. The Morgan fingerprint density at radius 3 is 2.08 bits per heavy atom. The summed E-state index contributed by atoms with van der Waals surface area (Å²) in [5.41, 5.74) is 3.22. The Kier molecular flexibility index (Phi) is 5.99. The molecule has 0 aliphatic carbocycles. The van der Waals surface area contributed by atoms with Gasteiger partial charge in [0.2, 0.25) is 11.8 Å². The van der Waals surface area contributed by atoms with Gasteiger partial charge in [-0.1, -0.05) is 66.7 Å². The monoisotopic (exact) mass is 346 g/mol. The minimum absolute atomic E-state index is 0.0125. The van der Waals surface area contributed by atoms with Crippen molar-refractivity contribution in [2.24, 2.45) is 0 Å². The van der Waals surface area contributed by atoms with Crippen LogP contribution in [0.4, 0.5) is 0 Å². The van der Waals surface area contributed by atoms with Crippen molar-refractivity contribution in [1.82, 2.24) is 10.3 Å². The third-order valence-electron chi connectivity index (χ3n) is 4.29. The number of hydrogen-bond acceptors (Lipinski definition) is 3. The number of ether oxygens (including phenoxy) is 1. The summed E-state index contributed by atoms with van der Waals surface area (Å²) in [5, 5.41) is 2.99. The maximum Gasteiger partial charge on any atom is 0.221 e. The van der Waals surface area contributed by atoms with E-state index in [1.54, 1.807) is 19.4 Å². The molecule has 1 N–H and O–H groups in total. The minimum atomic E-state index is 0.0125. The molecule has 3 rings (SSSR count). The number of aromatic nitrogens is 1. The molecule has 0 saturated carbocycles. The van der Waals surface area contributed by atoms with Crippen molar-refractivity contribution in [3.63, 3.8) is 0 Å². The molecule has 1 heterocycles. The van der Waals surface area contributed by atoms with Gasteiger partial charge in [0.25, 0.3) is 0 Å². The van der Waals surface area contributed by atoms with Crippen molar-refractivity contribution in [3.05, 3.63) is 95.7 Å². The van der Waals surface area contributed by atoms with Crippen molar-refractivity contribution in [2.75, 3.05) is 7.11 Å². The SMILES string of the molecule is COc1ccc(CNC(=O)CC(c2ccccc2)c2ccccc2)cn1. The van der Waals surface area contributed by atoms with Crippen LogP contribution in [0.3, 0.4) is 0 Å². The number of benzene rings is 2. The Bertz CT molecular complexity index is 778. The van der Waals surface area contributed by atoms with Crippen LogP contribution in [-0.4, -0.2) is 18.0 Å². The molecular weight excluding hydrogens is 324 g/mol. The molecule has 0 spiro atoms. The highest BCUT2D eigenvalue weighted by molar-refractivity contribution is 5.77. The second kappa shape index (κ2) is 8.81. The summed E-state index contributed by atoms with van der Waals surface area (Å²) < 4.78 is 5.05. The number of amides is 1. The Hall–Kier alpha value is -3.14. The van der Waals surface area contributed by atoms with E-state index in [0.717, 1.165) is 16.7 Å². The Morgan fingerprint density at radius 2 is 1.58 bits per heavy atom. The average Bonchev–Trinajstić information content (AvgIpc) is 2.72. The molecule has 1 aromatic heterocycles. The summed E-state index contributed by atoms with van der Waals surface area (Å²) in [4.78, 5) is 16.7. The van der Waals surface area contributed by atoms with Crippen molar-refractivity contribution >= 4 is 5.91 Å². The molecular formula is C22H22N2O2. The molecule has 26 heavy (non-hydrogen) atoms. The number of pyridine rings is 1. The molecule has 3 aromatic rings. The van der Waals surface area contributed by atoms with Gasteiger partial charge in [0.1, 0.15) is 0 Å². The fourth-order valence-corrected chi connectivity index (χ4v) is 2.89. The molecule has 4 nitrogen and oxygen atoms in total. The number of carbonyl (C=O) groups excluding carboxylic acids is 1. The zero-order valence-corrected chi connectivity index (χ0v) is 14.8. The van der Waals surface area contributed by atoms with Gasteiger partial charge in [-0.3, -0.25) is 4.79 Å². The number of hydrogen-bond donors (Lipinski definition) is 1. The summed E-state index contributed by atoms with van der Waals surface area (Å²) in [5.74, 6) is 0.609. The quantitative estimate of drug-likeness (QED) is 0.705. The van der Waals surface area contributed by atoms with Gasteiger partial charge in [-0.05, 0) is 16.7 Å². The van der Waals surface area contributed by atoms with Gasteiger partial charge < -0.3 is 10.1 Å². The number of carbonyl (C=O) groups is 1. The zero-order chi connectivity index (χ0) is 18.2. The highest BCUT2D eigenvalue weighted by Gasteiger charge is 2.17. The van der Waals surface area contributed by atoms with E-state index in [2.05, 4.69) is 34.6 Å². The van der Waals surface area contributed by atoms with E-state index in [9.17, 15) is 4.79 Å². The number of nitrogens with one attached hydrogen (secondary N) is 1. The van der Waals surface area contributed by atoms with Crippen LogP contribution in [0, 0.1) is 0 Å². The standard InChI is InChI=1S/C22H22N2O2/c1-26-22-13-12-17(16-24-22)15-23-21(25)14-20(18-8-4-2-5-9-18)19-10-6-3-7-11-19/h2-13,16,20H,14-15H2,1H3,(H,23,25). The van der Waals surface area contributed by atoms with Crippen molar-refractivity contribution in [1.29, 1.82) is 0 Å². The first-order valence-electron chi connectivity index (χ1n) is 8.62. The van der Waals surface area contributed by atoms with Crippen molar-refractivity contribution in [2.45, 2.75) is 18.9 Å². The van der Waals surface area contributed by atoms with Crippen LogP contribution < -0.4 is 10.1 Å².